The average molecular weight is 349 g/mol. The van der Waals surface area contributed by atoms with E-state index in [1.54, 1.807) is 6.92 Å². The standard InChI is InChI=1S/C15H15N3O3S2/c1-6-8(3)22-14-11(6)13(19)17-10(18-14)5-21-15(20)12-7(2)16-9(4)23-12/h5H2,1-4H3,(H,17,18,19). The van der Waals surface area contributed by atoms with Crippen LogP contribution in [0.2, 0.25) is 0 Å². The summed E-state index contributed by atoms with van der Waals surface area (Å²) < 4.78 is 5.25. The number of nitrogens with one attached hydrogen (secondary N) is 1. The first kappa shape index (κ1) is 15.8. The molecular weight excluding hydrogens is 334 g/mol. The van der Waals surface area contributed by atoms with Crippen LogP contribution in [0.15, 0.2) is 4.79 Å². The van der Waals surface area contributed by atoms with Crippen molar-refractivity contribution in [3.8, 4) is 0 Å². The molecule has 0 atom stereocenters. The van der Waals surface area contributed by atoms with Gasteiger partial charge in [-0.1, -0.05) is 0 Å². The molecule has 8 heteroatoms. The molecule has 0 saturated carbocycles. The Balaban J connectivity index is 1.83. The molecule has 1 N–H and O–H groups in total. The van der Waals surface area contributed by atoms with Gasteiger partial charge in [-0.05, 0) is 33.3 Å². The zero-order valence-corrected chi connectivity index (χ0v) is 14.8. The molecule has 0 aromatic carbocycles. The molecule has 0 radical (unpaired) electrons. The molecule has 3 aromatic rings. The molecule has 3 rings (SSSR count). The number of nitrogens with zero attached hydrogens (tertiary/aromatic N) is 2. The molecule has 3 aromatic heterocycles. The molecule has 0 unspecified atom stereocenters. The summed E-state index contributed by atoms with van der Waals surface area (Å²) in [5.74, 6) is -0.106. The van der Waals surface area contributed by atoms with Crippen LogP contribution >= 0.6 is 22.7 Å². The minimum atomic E-state index is -0.450. The van der Waals surface area contributed by atoms with Crippen molar-refractivity contribution in [1.82, 2.24) is 15.0 Å². The van der Waals surface area contributed by atoms with Crippen molar-refractivity contribution in [3.63, 3.8) is 0 Å². The predicted molar refractivity (Wildman–Crippen MR) is 90.4 cm³/mol. The van der Waals surface area contributed by atoms with Gasteiger partial charge >= 0.3 is 5.97 Å². The van der Waals surface area contributed by atoms with Gasteiger partial charge in [-0.2, -0.15) is 0 Å². The molecule has 0 spiro atoms. The molecule has 120 valence electrons. The van der Waals surface area contributed by atoms with Crippen molar-refractivity contribution >= 4 is 38.9 Å². The first-order chi connectivity index (χ1) is 10.9. The number of ether oxygens (including phenoxy) is 1. The summed E-state index contributed by atoms with van der Waals surface area (Å²) in [5, 5.41) is 1.42. The third-order valence-corrected chi connectivity index (χ3v) is 5.67. The fourth-order valence-corrected chi connectivity index (χ4v) is 4.15. The number of rotatable bonds is 3. The molecule has 0 fully saturated rings. The maximum absolute atomic E-state index is 12.2. The van der Waals surface area contributed by atoms with Gasteiger partial charge < -0.3 is 9.72 Å². The predicted octanol–water partition coefficient (Wildman–Crippen LogP) is 3.03. The first-order valence-electron chi connectivity index (χ1n) is 6.97. The van der Waals surface area contributed by atoms with Gasteiger partial charge in [0, 0.05) is 4.88 Å². The largest absolute Gasteiger partial charge is 0.453 e. The smallest absolute Gasteiger partial charge is 0.350 e. The number of carbonyl (C=O) groups is 1. The number of aromatic amines is 1. The molecule has 0 saturated heterocycles. The molecule has 0 aliphatic carbocycles. The van der Waals surface area contributed by atoms with E-state index in [0.29, 0.717) is 26.6 Å². The number of hydrogen-bond donors (Lipinski definition) is 1. The minimum Gasteiger partial charge on any atom is -0.453 e. The second-order valence-corrected chi connectivity index (χ2v) is 7.61. The van der Waals surface area contributed by atoms with Crippen LogP contribution in [0.3, 0.4) is 0 Å². The fraction of sp³-hybridized carbons (Fsp3) is 0.333. The third-order valence-electron chi connectivity index (χ3n) is 3.52. The number of thiazole rings is 1. The Labute approximate surface area is 140 Å². The SMILES string of the molecule is Cc1nc(C)c(C(=O)OCc2nc3sc(C)c(C)c3c(=O)[nH]2)s1. The van der Waals surface area contributed by atoms with Crippen molar-refractivity contribution in [2.45, 2.75) is 34.3 Å². The average Bonchev–Trinajstić information content (AvgIpc) is 2.96. The van der Waals surface area contributed by atoms with Gasteiger partial charge in [0.1, 0.15) is 22.1 Å². The summed E-state index contributed by atoms with van der Waals surface area (Å²) in [7, 11) is 0. The molecular formula is C15H15N3O3S2. The van der Waals surface area contributed by atoms with Gasteiger partial charge in [0.15, 0.2) is 0 Å². The van der Waals surface area contributed by atoms with Crippen molar-refractivity contribution in [2.24, 2.45) is 0 Å². The van der Waals surface area contributed by atoms with E-state index in [-0.39, 0.29) is 12.2 Å². The highest BCUT2D eigenvalue weighted by atomic mass is 32.1. The van der Waals surface area contributed by atoms with Gasteiger partial charge in [-0.15, -0.1) is 22.7 Å². The number of aryl methyl sites for hydroxylation is 4. The summed E-state index contributed by atoms with van der Waals surface area (Å²) >= 11 is 2.76. The third kappa shape index (κ3) is 2.91. The van der Waals surface area contributed by atoms with Gasteiger partial charge in [-0.25, -0.2) is 14.8 Å². The van der Waals surface area contributed by atoms with E-state index < -0.39 is 5.97 Å². The number of H-pyrrole nitrogens is 1. The Morgan fingerprint density at radius 2 is 1.91 bits per heavy atom. The van der Waals surface area contributed by atoms with Crippen LogP contribution in [0.1, 0.15) is 36.6 Å². The van der Waals surface area contributed by atoms with E-state index in [4.69, 9.17) is 4.74 Å². The number of carbonyl (C=O) groups excluding carboxylic acids is 1. The van der Waals surface area contributed by atoms with Crippen LogP contribution in [0.5, 0.6) is 0 Å². The second kappa shape index (κ2) is 5.86. The van der Waals surface area contributed by atoms with E-state index in [1.807, 2.05) is 20.8 Å². The summed E-state index contributed by atoms with van der Waals surface area (Å²) in [4.78, 5) is 37.7. The summed E-state index contributed by atoms with van der Waals surface area (Å²) in [6.45, 7) is 7.39. The Bertz CT molecular complexity index is 968. The highest BCUT2D eigenvalue weighted by Gasteiger charge is 2.17. The normalized spacial score (nSPS) is 11.1. The molecule has 0 aliphatic heterocycles. The zero-order chi connectivity index (χ0) is 16.7. The van der Waals surface area contributed by atoms with Gasteiger partial charge in [0.2, 0.25) is 0 Å². The zero-order valence-electron chi connectivity index (χ0n) is 13.1. The van der Waals surface area contributed by atoms with E-state index in [1.165, 1.54) is 22.7 Å². The van der Waals surface area contributed by atoms with Crippen LogP contribution in [0, 0.1) is 27.7 Å². The Morgan fingerprint density at radius 3 is 2.57 bits per heavy atom. The fourth-order valence-electron chi connectivity index (χ4n) is 2.29. The van der Waals surface area contributed by atoms with E-state index in [2.05, 4.69) is 15.0 Å². The molecule has 0 bridgehead atoms. The highest BCUT2D eigenvalue weighted by molar-refractivity contribution is 7.18. The molecule has 3 heterocycles. The Morgan fingerprint density at radius 1 is 1.17 bits per heavy atom. The molecule has 6 nitrogen and oxygen atoms in total. The first-order valence-corrected chi connectivity index (χ1v) is 8.60. The Kier molecular flexibility index (Phi) is 4.03. The number of thiophene rings is 1. The number of fused-ring (bicyclic) bond motifs is 1. The minimum absolute atomic E-state index is 0.0730. The van der Waals surface area contributed by atoms with Crippen LogP contribution in [-0.2, 0) is 11.3 Å². The maximum Gasteiger partial charge on any atom is 0.350 e. The monoisotopic (exact) mass is 349 g/mol. The number of hydrogen-bond acceptors (Lipinski definition) is 7. The van der Waals surface area contributed by atoms with Crippen molar-refractivity contribution in [2.75, 3.05) is 0 Å². The van der Waals surface area contributed by atoms with Gasteiger partial charge in [0.05, 0.1) is 16.1 Å². The van der Waals surface area contributed by atoms with Gasteiger partial charge in [0.25, 0.3) is 5.56 Å². The van der Waals surface area contributed by atoms with Crippen molar-refractivity contribution in [3.05, 3.63) is 42.2 Å². The van der Waals surface area contributed by atoms with Crippen LogP contribution in [0.4, 0.5) is 0 Å². The number of esters is 1. The second-order valence-electron chi connectivity index (χ2n) is 5.20. The lowest BCUT2D eigenvalue weighted by Gasteiger charge is -2.03. The van der Waals surface area contributed by atoms with E-state index >= 15 is 0 Å². The summed E-state index contributed by atoms with van der Waals surface area (Å²) in [6.07, 6.45) is 0. The highest BCUT2D eigenvalue weighted by Crippen LogP contribution is 2.25. The summed E-state index contributed by atoms with van der Waals surface area (Å²) in [6, 6.07) is 0. The lowest BCUT2D eigenvalue weighted by Crippen LogP contribution is -2.14. The van der Waals surface area contributed by atoms with Crippen molar-refractivity contribution in [1.29, 1.82) is 0 Å². The van der Waals surface area contributed by atoms with E-state index in [9.17, 15) is 9.59 Å². The van der Waals surface area contributed by atoms with Crippen LogP contribution in [0.25, 0.3) is 10.2 Å². The lowest BCUT2D eigenvalue weighted by molar-refractivity contribution is 0.0467. The Hall–Kier alpha value is -2.06. The molecule has 0 amide bonds. The van der Waals surface area contributed by atoms with Crippen LogP contribution in [-0.4, -0.2) is 20.9 Å². The molecule has 23 heavy (non-hydrogen) atoms. The van der Waals surface area contributed by atoms with Gasteiger partial charge in [-0.3, -0.25) is 4.79 Å². The summed E-state index contributed by atoms with van der Waals surface area (Å²) in [5.41, 5.74) is 1.39. The molecule has 0 aliphatic rings. The van der Waals surface area contributed by atoms with Crippen molar-refractivity contribution < 1.29 is 9.53 Å². The lowest BCUT2D eigenvalue weighted by atomic mass is 10.2. The quantitative estimate of drug-likeness (QED) is 0.735. The van der Waals surface area contributed by atoms with Crippen LogP contribution < -0.4 is 5.56 Å². The van der Waals surface area contributed by atoms with E-state index in [0.717, 1.165) is 15.4 Å². The maximum atomic E-state index is 12.2. The number of aromatic nitrogens is 3. The topological polar surface area (TPSA) is 84.9 Å².